The van der Waals surface area contributed by atoms with E-state index in [2.05, 4.69) is 15.9 Å². The first kappa shape index (κ1) is 21.3. The van der Waals surface area contributed by atoms with Gasteiger partial charge in [0.2, 0.25) is 0 Å². The molecule has 0 aliphatic carbocycles. The van der Waals surface area contributed by atoms with E-state index in [4.69, 9.17) is 14.6 Å². The molecule has 1 rings (SSSR count). The summed E-state index contributed by atoms with van der Waals surface area (Å²) in [4.78, 5) is 0. The number of hydrogen-bond acceptors (Lipinski definition) is 6. The molecule has 4 N–H and O–H groups in total. The summed E-state index contributed by atoms with van der Waals surface area (Å²) in [6, 6.07) is 0. The van der Waals surface area contributed by atoms with Crippen LogP contribution in [0.2, 0.25) is 0 Å². The van der Waals surface area contributed by atoms with Gasteiger partial charge in [0.15, 0.2) is 6.29 Å². The highest BCUT2D eigenvalue weighted by Gasteiger charge is 2.44. The lowest BCUT2D eigenvalue weighted by Crippen LogP contribution is -2.59. The topological polar surface area (TPSA) is 99.4 Å². The average Bonchev–Trinajstić information content (AvgIpc) is 2.55. The Morgan fingerprint density at radius 3 is 1.96 bits per heavy atom. The molecule has 1 aliphatic heterocycles. The maximum absolute atomic E-state index is 9.98. The molecular formula is C16H31BrO6. The molecule has 138 valence electrons. The Hall–Kier alpha value is 0.240. The molecule has 1 heterocycles. The predicted molar refractivity (Wildman–Crippen MR) is 90.4 cm³/mol. The van der Waals surface area contributed by atoms with Crippen molar-refractivity contribution in [2.75, 3.05) is 18.5 Å². The molecule has 6 nitrogen and oxygen atoms in total. The number of hydrogen-bond donors (Lipinski definition) is 4. The van der Waals surface area contributed by atoms with E-state index in [1.165, 1.54) is 32.1 Å². The zero-order valence-electron chi connectivity index (χ0n) is 13.6. The van der Waals surface area contributed by atoms with E-state index in [0.717, 1.165) is 24.6 Å². The Kier molecular flexibility index (Phi) is 11.6. The molecule has 0 aromatic carbocycles. The first-order valence-electron chi connectivity index (χ1n) is 8.60. The van der Waals surface area contributed by atoms with Gasteiger partial charge in [0, 0.05) is 11.9 Å². The van der Waals surface area contributed by atoms with E-state index in [1.54, 1.807) is 0 Å². The molecule has 0 aromatic rings. The van der Waals surface area contributed by atoms with E-state index < -0.39 is 37.3 Å². The first-order valence-corrected chi connectivity index (χ1v) is 9.72. The summed E-state index contributed by atoms with van der Waals surface area (Å²) in [6.07, 6.45) is 3.56. The minimum atomic E-state index is -1.44. The highest BCUT2D eigenvalue weighted by atomic mass is 79.9. The number of aliphatic hydroxyl groups excluding tert-OH is 4. The third kappa shape index (κ3) is 7.77. The Morgan fingerprint density at radius 2 is 1.39 bits per heavy atom. The predicted octanol–water partition coefficient (Wildman–Crippen LogP) is 1.32. The SMILES string of the molecule is OC[C@H]1O[C@H](O)[C@H](O)[C@@H](OCCCCCCCCCCBr)[C@@H]1O. The summed E-state index contributed by atoms with van der Waals surface area (Å²) in [7, 11) is 0. The van der Waals surface area contributed by atoms with Gasteiger partial charge in [-0.2, -0.15) is 0 Å². The number of halogens is 1. The van der Waals surface area contributed by atoms with E-state index in [1.807, 2.05) is 0 Å². The number of unbranched alkanes of at least 4 members (excludes halogenated alkanes) is 7. The normalized spacial score (nSPS) is 31.4. The van der Waals surface area contributed by atoms with Crippen LogP contribution >= 0.6 is 15.9 Å². The van der Waals surface area contributed by atoms with Gasteiger partial charge in [-0.25, -0.2) is 0 Å². The summed E-state index contributed by atoms with van der Waals surface area (Å²) in [6.45, 7) is -0.0207. The van der Waals surface area contributed by atoms with E-state index >= 15 is 0 Å². The maximum atomic E-state index is 9.98. The minimum Gasteiger partial charge on any atom is -0.394 e. The van der Waals surface area contributed by atoms with Crippen molar-refractivity contribution < 1.29 is 29.9 Å². The van der Waals surface area contributed by atoms with Crippen molar-refractivity contribution in [3.8, 4) is 0 Å². The zero-order valence-corrected chi connectivity index (χ0v) is 15.2. The molecule has 23 heavy (non-hydrogen) atoms. The van der Waals surface area contributed by atoms with Crippen LogP contribution in [0.5, 0.6) is 0 Å². The molecule has 0 radical (unpaired) electrons. The van der Waals surface area contributed by atoms with Crippen LogP contribution < -0.4 is 0 Å². The molecular weight excluding hydrogens is 368 g/mol. The molecule has 0 saturated carbocycles. The van der Waals surface area contributed by atoms with Gasteiger partial charge in [-0.3, -0.25) is 0 Å². The molecule has 1 aliphatic rings. The van der Waals surface area contributed by atoms with Crippen molar-refractivity contribution in [2.45, 2.75) is 82.1 Å². The summed E-state index contributed by atoms with van der Waals surface area (Å²) >= 11 is 3.43. The highest BCUT2D eigenvalue weighted by molar-refractivity contribution is 9.09. The van der Waals surface area contributed by atoms with Crippen LogP contribution in [0.25, 0.3) is 0 Å². The molecule has 5 atom stereocenters. The number of alkyl halides is 1. The fourth-order valence-corrected chi connectivity index (χ4v) is 3.14. The van der Waals surface area contributed by atoms with Crippen LogP contribution in [0.1, 0.15) is 51.4 Å². The van der Waals surface area contributed by atoms with Crippen molar-refractivity contribution in [3.63, 3.8) is 0 Å². The third-order valence-electron chi connectivity index (χ3n) is 4.18. The Morgan fingerprint density at radius 1 is 0.826 bits per heavy atom. The van der Waals surface area contributed by atoms with Crippen molar-refractivity contribution in [1.82, 2.24) is 0 Å². The lowest BCUT2D eigenvalue weighted by atomic mass is 9.99. The van der Waals surface area contributed by atoms with Crippen LogP contribution in [-0.4, -0.2) is 69.7 Å². The van der Waals surface area contributed by atoms with Crippen molar-refractivity contribution in [1.29, 1.82) is 0 Å². The van der Waals surface area contributed by atoms with Gasteiger partial charge in [-0.05, 0) is 12.8 Å². The van der Waals surface area contributed by atoms with Gasteiger partial charge >= 0.3 is 0 Å². The monoisotopic (exact) mass is 398 g/mol. The molecule has 0 spiro atoms. The minimum absolute atomic E-state index is 0.410. The Labute approximate surface area is 146 Å². The number of ether oxygens (including phenoxy) is 2. The zero-order chi connectivity index (χ0) is 17.1. The Bertz CT molecular complexity index is 294. The Balaban J connectivity index is 2.09. The van der Waals surface area contributed by atoms with Gasteiger partial charge in [0.05, 0.1) is 6.61 Å². The fourth-order valence-electron chi connectivity index (χ4n) is 2.74. The van der Waals surface area contributed by atoms with Gasteiger partial charge in [0.25, 0.3) is 0 Å². The molecule has 0 bridgehead atoms. The standard InChI is InChI=1S/C16H31BrO6/c17-9-7-5-3-1-2-4-6-8-10-22-15-13(19)12(11-18)23-16(21)14(15)20/h12-16,18-21H,1-11H2/t12-,13-,14-,15+,16+/m1/s1. The van der Waals surface area contributed by atoms with Gasteiger partial charge in [-0.1, -0.05) is 54.5 Å². The summed E-state index contributed by atoms with van der Waals surface area (Å²) in [5, 5.41) is 39.5. The second kappa shape index (κ2) is 12.6. The first-order chi connectivity index (χ1) is 11.1. The lowest BCUT2D eigenvalue weighted by molar-refractivity contribution is -0.294. The highest BCUT2D eigenvalue weighted by Crippen LogP contribution is 2.22. The molecule has 0 unspecified atom stereocenters. The van der Waals surface area contributed by atoms with Crippen LogP contribution in [0, 0.1) is 0 Å². The van der Waals surface area contributed by atoms with Crippen molar-refractivity contribution in [3.05, 3.63) is 0 Å². The molecule has 1 fully saturated rings. The van der Waals surface area contributed by atoms with E-state index in [9.17, 15) is 15.3 Å². The third-order valence-corrected chi connectivity index (χ3v) is 4.74. The van der Waals surface area contributed by atoms with Crippen molar-refractivity contribution >= 4 is 15.9 Å². The lowest BCUT2D eigenvalue weighted by Gasteiger charge is -2.39. The number of rotatable bonds is 12. The summed E-state index contributed by atoms with van der Waals surface area (Å²) in [5.74, 6) is 0. The summed E-state index contributed by atoms with van der Waals surface area (Å²) in [5.41, 5.74) is 0. The fraction of sp³-hybridized carbons (Fsp3) is 1.00. The molecule has 1 saturated heterocycles. The van der Waals surface area contributed by atoms with Gasteiger partial charge < -0.3 is 29.9 Å². The second-order valence-corrected chi connectivity index (χ2v) is 6.87. The van der Waals surface area contributed by atoms with Gasteiger partial charge in [0.1, 0.15) is 24.4 Å². The van der Waals surface area contributed by atoms with Crippen LogP contribution in [-0.2, 0) is 9.47 Å². The molecule has 0 aromatic heterocycles. The quantitative estimate of drug-likeness (QED) is 0.292. The van der Waals surface area contributed by atoms with Crippen LogP contribution in [0.15, 0.2) is 0 Å². The van der Waals surface area contributed by atoms with Crippen molar-refractivity contribution in [2.24, 2.45) is 0 Å². The van der Waals surface area contributed by atoms with E-state index in [-0.39, 0.29) is 0 Å². The smallest absolute Gasteiger partial charge is 0.184 e. The summed E-state index contributed by atoms with van der Waals surface area (Å²) < 4.78 is 10.4. The number of aliphatic hydroxyl groups is 4. The molecule has 7 heteroatoms. The second-order valence-electron chi connectivity index (χ2n) is 6.08. The van der Waals surface area contributed by atoms with E-state index in [0.29, 0.717) is 6.61 Å². The average molecular weight is 399 g/mol. The van der Waals surface area contributed by atoms with Crippen LogP contribution in [0.3, 0.4) is 0 Å². The van der Waals surface area contributed by atoms with Gasteiger partial charge in [-0.15, -0.1) is 0 Å². The van der Waals surface area contributed by atoms with Crippen LogP contribution in [0.4, 0.5) is 0 Å². The molecule has 0 amide bonds. The largest absolute Gasteiger partial charge is 0.394 e. The maximum Gasteiger partial charge on any atom is 0.184 e.